The van der Waals surface area contributed by atoms with Crippen molar-refractivity contribution < 1.29 is 14.7 Å². The molecule has 0 unspecified atom stereocenters. The molecule has 2 N–H and O–H groups in total. The molecule has 0 radical (unpaired) electrons. The van der Waals surface area contributed by atoms with Crippen LogP contribution in [0.4, 0.5) is 0 Å². The van der Waals surface area contributed by atoms with E-state index in [0.717, 1.165) is 16.7 Å². The Hall–Kier alpha value is -3.97. The Balaban J connectivity index is 1.77. The van der Waals surface area contributed by atoms with E-state index in [1.54, 1.807) is 0 Å². The number of ketones is 1. The fraction of sp³-hybridized carbons (Fsp3) is 0.273. The lowest BCUT2D eigenvalue weighted by atomic mass is 9.85. The lowest BCUT2D eigenvalue weighted by molar-refractivity contribution is -0.142. The average molecular weight is 418 g/mol. The highest BCUT2D eigenvalue weighted by Crippen LogP contribution is 2.25. The highest BCUT2D eigenvalue weighted by molar-refractivity contribution is 5.94. The highest BCUT2D eigenvalue weighted by atomic mass is 16.4. The van der Waals surface area contributed by atoms with Gasteiger partial charge in [0.2, 0.25) is 0 Å². The first-order valence-corrected chi connectivity index (χ1v) is 9.83. The van der Waals surface area contributed by atoms with Crippen molar-refractivity contribution >= 4 is 11.8 Å². The standard InChI is InChI=1S/C22H22N6O3/c23-27-24-13-19(22(30)31)11-16(12-21(29)20-14-25-28-26-20)10-15-6-8-18(9-7-15)17-4-2-1-3-5-17/h1-9,14,16,19H,10-13H2,(H,30,31)(H,25,26,28)/t16-,19+/m1/s1. The molecule has 0 bridgehead atoms. The van der Waals surface area contributed by atoms with Gasteiger partial charge in [0.05, 0.1) is 12.1 Å². The van der Waals surface area contributed by atoms with Crippen LogP contribution >= 0.6 is 0 Å². The van der Waals surface area contributed by atoms with E-state index >= 15 is 0 Å². The van der Waals surface area contributed by atoms with E-state index in [-0.39, 0.29) is 36.8 Å². The molecule has 9 nitrogen and oxygen atoms in total. The third kappa shape index (κ3) is 6.25. The molecule has 3 aromatic rings. The number of nitrogens with one attached hydrogen (secondary N) is 1. The van der Waals surface area contributed by atoms with Crippen LogP contribution in [0, 0.1) is 11.8 Å². The molecule has 0 aliphatic carbocycles. The number of carboxylic acid groups (broad SMARTS) is 1. The maximum atomic E-state index is 12.6. The number of rotatable bonds is 11. The Morgan fingerprint density at radius 2 is 1.81 bits per heavy atom. The minimum atomic E-state index is -1.05. The third-order valence-electron chi connectivity index (χ3n) is 5.09. The number of carbonyl (C=O) groups is 2. The molecule has 2 aromatic carbocycles. The molecule has 3 rings (SSSR count). The van der Waals surface area contributed by atoms with E-state index < -0.39 is 11.9 Å². The maximum Gasteiger partial charge on any atom is 0.306 e. The number of carboxylic acids is 1. The molecule has 0 amide bonds. The molecule has 1 heterocycles. The van der Waals surface area contributed by atoms with E-state index in [1.807, 2.05) is 54.6 Å². The largest absolute Gasteiger partial charge is 0.481 e. The third-order valence-corrected chi connectivity index (χ3v) is 5.09. The van der Waals surface area contributed by atoms with Gasteiger partial charge in [0.15, 0.2) is 5.78 Å². The summed E-state index contributed by atoms with van der Waals surface area (Å²) in [6.07, 6.45) is 2.19. The number of H-pyrrole nitrogens is 1. The van der Waals surface area contributed by atoms with Gasteiger partial charge in [-0.25, -0.2) is 0 Å². The minimum absolute atomic E-state index is 0.118. The van der Waals surface area contributed by atoms with E-state index in [2.05, 4.69) is 25.4 Å². The van der Waals surface area contributed by atoms with E-state index in [4.69, 9.17) is 5.53 Å². The summed E-state index contributed by atoms with van der Waals surface area (Å²) < 4.78 is 0. The first-order chi connectivity index (χ1) is 15.1. The van der Waals surface area contributed by atoms with Gasteiger partial charge in [0, 0.05) is 17.9 Å². The summed E-state index contributed by atoms with van der Waals surface area (Å²) >= 11 is 0. The molecule has 0 saturated carbocycles. The number of aliphatic carboxylic acids is 1. The van der Waals surface area contributed by atoms with Gasteiger partial charge in [-0.05, 0) is 41.0 Å². The van der Waals surface area contributed by atoms with Gasteiger partial charge in [-0.3, -0.25) is 9.59 Å². The van der Waals surface area contributed by atoms with Gasteiger partial charge in [-0.15, -0.1) is 0 Å². The molecular formula is C22H22N6O3. The number of hydrogen-bond acceptors (Lipinski definition) is 5. The fourth-order valence-corrected chi connectivity index (χ4v) is 3.53. The van der Waals surface area contributed by atoms with Crippen LogP contribution in [0.1, 0.15) is 28.9 Å². The second kappa shape index (κ2) is 10.7. The maximum absolute atomic E-state index is 12.6. The number of hydrogen-bond donors (Lipinski definition) is 2. The zero-order chi connectivity index (χ0) is 22.1. The van der Waals surface area contributed by atoms with Crippen molar-refractivity contribution in [1.82, 2.24) is 15.4 Å². The van der Waals surface area contributed by atoms with Crippen LogP contribution < -0.4 is 0 Å². The molecule has 0 aliphatic heterocycles. The van der Waals surface area contributed by atoms with Gasteiger partial charge in [0.25, 0.3) is 0 Å². The summed E-state index contributed by atoms with van der Waals surface area (Å²) in [5.41, 5.74) is 11.9. The lowest BCUT2D eigenvalue weighted by Gasteiger charge is -2.20. The predicted octanol–water partition coefficient (Wildman–Crippen LogP) is 4.30. The molecule has 31 heavy (non-hydrogen) atoms. The van der Waals surface area contributed by atoms with Crippen molar-refractivity contribution in [3.8, 4) is 11.1 Å². The van der Waals surface area contributed by atoms with Crippen molar-refractivity contribution in [2.45, 2.75) is 19.3 Å². The lowest BCUT2D eigenvalue weighted by Crippen LogP contribution is -2.23. The Morgan fingerprint density at radius 1 is 1.10 bits per heavy atom. The average Bonchev–Trinajstić information content (AvgIpc) is 3.32. The first kappa shape index (κ1) is 21.7. The Bertz CT molecular complexity index is 1040. The summed E-state index contributed by atoms with van der Waals surface area (Å²) in [7, 11) is 0. The van der Waals surface area contributed by atoms with Crippen molar-refractivity contribution in [2.24, 2.45) is 17.0 Å². The fourth-order valence-electron chi connectivity index (χ4n) is 3.53. The summed E-state index contributed by atoms with van der Waals surface area (Å²) in [5.74, 6) is -2.39. The minimum Gasteiger partial charge on any atom is -0.481 e. The van der Waals surface area contributed by atoms with Crippen molar-refractivity contribution in [3.05, 3.63) is 82.5 Å². The van der Waals surface area contributed by atoms with Gasteiger partial charge in [0.1, 0.15) is 5.69 Å². The topological polar surface area (TPSA) is 145 Å². The van der Waals surface area contributed by atoms with Crippen LogP contribution in [-0.2, 0) is 11.2 Å². The highest BCUT2D eigenvalue weighted by Gasteiger charge is 2.25. The van der Waals surface area contributed by atoms with E-state index in [1.165, 1.54) is 6.20 Å². The van der Waals surface area contributed by atoms with Gasteiger partial charge in [-0.2, -0.15) is 15.4 Å². The quantitative estimate of drug-likeness (QED) is 0.206. The Morgan fingerprint density at radius 3 is 2.42 bits per heavy atom. The van der Waals surface area contributed by atoms with Crippen molar-refractivity contribution in [3.63, 3.8) is 0 Å². The van der Waals surface area contributed by atoms with Crippen LogP contribution in [0.15, 0.2) is 65.9 Å². The van der Waals surface area contributed by atoms with Crippen molar-refractivity contribution in [1.29, 1.82) is 0 Å². The Labute approximate surface area is 178 Å². The molecule has 1 aromatic heterocycles. The normalized spacial score (nSPS) is 12.5. The molecule has 0 saturated heterocycles. The number of aromatic nitrogens is 3. The Kier molecular flexibility index (Phi) is 7.50. The summed E-state index contributed by atoms with van der Waals surface area (Å²) in [5, 5.41) is 22.8. The second-order valence-electron chi connectivity index (χ2n) is 7.30. The number of benzene rings is 2. The van der Waals surface area contributed by atoms with Crippen LogP contribution in [-0.4, -0.2) is 38.8 Å². The molecule has 2 atom stereocenters. The van der Waals surface area contributed by atoms with Crippen LogP contribution in [0.2, 0.25) is 0 Å². The van der Waals surface area contributed by atoms with E-state index in [0.29, 0.717) is 6.42 Å². The molecule has 9 heteroatoms. The molecule has 0 fully saturated rings. The monoisotopic (exact) mass is 418 g/mol. The number of carbonyl (C=O) groups excluding carboxylic acids is 1. The van der Waals surface area contributed by atoms with Gasteiger partial charge in [-0.1, -0.05) is 59.7 Å². The van der Waals surface area contributed by atoms with Crippen molar-refractivity contribution in [2.75, 3.05) is 6.54 Å². The number of azide groups is 1. The van der Waals surface area contributed by atoms with Gasteiger partial charge >= 0.3 is 5.97 Å². The smallest absolute Gasteiger partial charge is 0.306 e. The number of aromatic amines is 1. The molecule has 0 aliphatic rings. The molecule has 158 valence electrons. The molecular weight excluding hydrogens is 396 g/mol. The van der Waals surface area contributed by atoms with Crippen LogP contribution in [0.5, 0.6) is 0 Å². The zero-order valence-corrected chi connectivity index (χ0v) is 16.8. The number of nitrogens with zero attached hydrogens (tertiary/aromatic N) is 5. The summed E-state index contributed by atoms with van der Waals surface area (Å²) in [6.45, 7) is -0.159. The summed E-state index contributed by atoms with van der Waals surface area (Å²) in [4.78, 5) is 26.8. The van der Waals surface area contributed by atoms with Crippen LogP contribution in [0.3, 0.4) is 0 Å². The number of Topliss-reactive ketones (excluding diaryl/α,β-unsaturated/α-hetero) is 1. The predicted molar refractivity (Wildman–Crippen MR) is 114 cm³/mol. The zero-order valence-electron chi connectivity index (χ0n) is 16.8. The SMILES string of the molecule is [N-]=[N+]=NC[C@H](C[C@H](CC(=O)c1cn[nH]n1)Cc1ccc(-c2ccccc2)cc1)C(=O)O. The van der Waals surface area contributed by atoms with E-state index in [9.17, 15) is 14.7 Å². The molecule has 0 spiro atoms. The van der Waals surface area contributed by atoms with Gasteiger partial charge < -0.3 is 5.11 Å². The first-order valence-electron chi connectivity index (χ1n) is 9.83. The van der Waals surface area contributed by atoms with Crippen LogP contribution in [0.25, 0.3) is 21.6 Å². The summed E-state index contributed by atoms with van der Waals surface area (Å²) in [6, 6.07) is 18.0. The second-order valence-corrected chi connectivity index (χ2v) is 7.30.